The van der Waals surface area contributed by atoms with E-state index in [1.165, 1.54) is 33.9 Å². The fourth-order valence-corrected chi connectivity index (χ4v) is 9.00. The molecule has 0 aromatic heterocycles. The smallest absolute Gasteiger partial charge is 0.341 e. The van der Waals surface area contributed by atoms with E-state index in [0.717, 1.165) is 26.4 Å². The van der Waals surface area contributed by atoms with Crippen LogP contribution in [0.4, 0.5) is 0 Å². The Morgan fingerprint density at radius 3 is 2.19 bits per heavy atom. The number of hydrogen-bond acceptors (Lipinski definition) is 19. The monoisotopic (exact) mass is 813 g/mol. The van der Waals surface area contributed by atoms with Gasteiger partial charge in [-0.1, -0.05) is 6.07 Å². The molecule has 0 radical (unpaired) electrons. The van der Waals surface area contributed by atoms with Gasteiger partial charge in [-0.2, -0.15) is 0 Å². The normalized spacial score (nSPS) is 35.7. The summed E-state index contributed by atoms with van der Waals surface area (Å²) in [6, 6.07) is 2.13. The number of nitrogens with one attached hydrogen (secondary N) is 1. The van der Waals surface area contributed by atoms with Gasteiger partial charge in [0.1, 0.15) is 41.5 Å². The molecule has 7 rings (SSSR count). The van der Waals surface area contributed by atoms with Crippen LogP contribution in [0.1, 0.15) is 88.7 Å². The van der Waals surface area contributed by atoms with Crippen LogP contribution < -0.4 is 5.32 Å². The first kappa shape index (κ1) is 41.5. The highest BCUT2D eigenvalue weighted by molar-refractivity contribution is 6.31. The number of aliphatic hydroxyl groups excluding tert-OH is 4. The molecule has 3 aliphatic carbocycles. The van der Waals surface area contributed by atoms with Gasteiger partial charge in [0.05, 0.1) is 48.3 Å². The molecule has 58 heavy (non-hydrogen) atoms. The van der Waals surface area contributed by atoms with Gasteiger partial charge in [0.15, 0.2) is 29.5 Å². The van der Waals surface area contributed by atoms with E-state index in [4.69, 9.17) is 28.4 Å². The van der Waals surface area contributed by atoms with Gasteiger partial charge in [-0.05, 0) is 38.0 Å². The minimum Gasteiger partial charge on any atom is -0.507 e. The van der Waals surface area contributed by atoms with Crippen LogP contribution in [-0.2, 0) is 40.4 Å². The second kappa shape index (κ2) is 14.6. The summed E-state index contributed by atoms with van der Waals surface area (Å²) in [6.07, 6.45) is -12.0. The predicted octanol–water partition coefficient (Wildman–Crippen LogP) is -1.02. The standard InChI is InChI=1S/C39H43NO18/c1-12-7-15-8-21(43)39(55-6)35(50)25-17(34(49)38(39,52)26(15)30(47)23(12)37(51)54-5)9-16-24(29(25)46)19(41)10-18(28(16)45)40-36-33(53-4)31(48)32(14(3)57-36)58-22-11-20(42)27(44)13(2)56-22/h7,9-10,13-14,20-22,27,31-33,36,40,42-44,46-48,52H,8,11H2,1-6H3/t13-,14-,20?,21+,22+,27+,31+,32-,33+,36-,38-,39+/m0/s1. The Balaban J connectivity index is 1.25. The van der Waals surface area contributed by atoms with Crippen LogP contribution in [0.2, 0.25) is 0 Å². The Labute approximate surface area is 329 Å². The van der Waals surface area contributed by atoms with Crippen LogP contribution in [0, 0.1) is 6.92 Å². The van der Waals surface area contributed by atoms with Crippen molar-refractivity contribution in [3.8, 4) is 11.5 Å². The summed E-state index contributed by atoms with van der Waals surface area (Å²) < 4.78 is 33.4. The Morgan fingerprint density at radius 1 is 0.879 bits per heavy atom. The quantitative estimate of drug-likeness (QED) is 0.155. The summed E-state index contributed by atoms with van der Waals surface area (Å²) >= 11 is 0. The number of aliphatic hydroxyl groups is 5. The zero-order chi connectivity index (χ0) is 42.5. The van der Waals surface area contributed by atoms with E-state index in [1.54, 1.807) is 0 Å². The van der Waals surface area contributed by atoms with Crippen molar-refractivity contribution in [3.05, 3.63) is 68.4 Å². The molecule has 8 N–H and O–H groups in total. The predicted molar refractivity (Wildman–Crippen MR) is 191 cm³/mol. The van der Waals surface area contributed by atoms with E-state index in [9.17, 15) is 59.7 Å². The van der Waals surface area contributed by atoms with Crippen LogP contribution >= 0.6 is 0 Å². The van der Waals surface area contributed by atoms with Gasteiger partial charge in [-0.15, -0.1) is 0 Å². The number of fused-ring (bicyclic) bond motifs is 5. The van der Waals surface area contributed by atoms with Crippen molar-refractivity contribution in [2.24, 2.45) is 0 Å². The molecular formula is C39H43NO18. The molecule has 1 unspecified atom stereocenters. The van der Waals surface area contributed by atoms with E-state index in [2.05, 4.69) is 5.32 Å². The number of ether oxygens (including phenoxy) is 6. The van der Waals surface area contributed by atoms with Crippen molar-refractivity contribution >= 4 is 29.1 Å². The van der Waals surface area contributed by atoms with Crippen LogP contribution in [0.3, 0.4) is 0 Å². The summed E-state index contributed by atoms with van der Waals surface area (Å²) in [5.74, 6) is -7.93. The molecule has 2 aliphatic heterocycles. The number of aryl methyl sites for hydroxylation is 1. The summed E-state index contributed by atoms with van der Waals surface area (Å²) in [5.41, 5.74) is -10.5. The Kier molecular flexibility index (Phi) is 10.4. The number of benzene rings is 2. The van der Waals surface area contributed by atoms with Gasteiger partial charge in [0, 0.05) is 49.8 Å². The Morgan fingerprint density at radius 2 is 1.57 bits per heavy atom. The summed E-state index contributed by atoms with van der Waals surface area (Å²) in [5, 5.41) is 81.4. The van der Waals surface area contributed by atoms with Gasteiger partial charge >= 0.3 is 5.97 Å². The Bertz CT molecular complexity index is 2160. The Hall–Kier alpha value is -4.67. The molecule has 0 spiro atoms. The first-order valence-electron chi connectivity index (χ1n) is 18.3. The van der Waals surface area contributed by atoms with Crippen molar-refractivity contribution in [2.75, 3.05) is 21.3 Å². The number of phenolic OH excluding ortho intramolecular Hbond substituents is 2. The van der Waals surface area contributed by atoms with Crippen LogP contribution in [0.25, 0.3) is 0 Å². The largest absolute Gasteiger partial charge is 0.507 e. The van der Waals surface area contributed by atoms with Gasteiger partial charge in [-0.25, -0.2) is 4.79 Å². The third-order valence-electron chi connectivity index (χ3n) is 11.9. The summed E-state index contributed by atoms with van der Waals surface area (Å²) in [7, 11) is 3.17. The topological polar surface area (TPSA) is 294 Å². The van der Waals surface area contributed by atoms with Crippen molar-refractivity contribution in [2.45, 2.75) is 106 Å². The lowest BCUT2D eigenvalue weighted by molar-refractivity contribution is -0.309. The van der Waals surface area contributed by atoms with Gasteiger partial charge in [0.2, 0.25) is 17.3 Å². The lowest BCUT2D eigenvalue weighted by Gasteiger charge is -2.52. The molecule has 2 fully saturated rings. The van der Waals surface area contributed by atoms with E-state index in [-0.39, 0.29) is 17.5 Å². The van der Waals surface area contributed by atoms with Crippen LogP contribution in [-0.4, -0.2) is 153 Å². The van der Waals surface area contributed by atoms with Crippen LogP contribution in [0.5, 0.6) is 11.5 Å². The molecule has 0 bridgehead atoms. The van der Waals surface area contributed by atoms with Gasteiger partial charge in [-0.3, -0.25) is 19.2 Å². The van der Waals surface area contributed by atoms with Crippen molar-refractivity contribution in [1.29, 1.82) is 0 Å². The number of rotatable bonds is 7. The number of esters is 1. The number of hydrogen-bond donors (Lipinski definition) is 8. The van der Waals surface area contributed by atoms with Crippen LogP contribution in [0.15, 0.2) is 23.9 Å². The summed E-state index contributed by atoms with van der Waals surface area (Å²) in [4.78, 5) is 69.9. The molecule has 0 amide bonds. The third-order valence-corrected chi connectivity index (χ3v) is 11.9. The number of allylic oxidation sites excluding steroid dienone is 2. The van der Waals surface area contributed by atoms with E-state index in [0.29, 0.717) is 0 Å². The third kappa shape index (κ3) is 5.68. The average molecular weight is 814 g/mol. The molecule has 0 saturated carbocycles. The highest BCUT2D eigenvalue weighted by Gasteiger charge is 2.72. The molecule has 19 heteroatoms. The van der Waals surface area contributed by atoms with E-state index >= 15 is 0 Å². The number of aromatic hydroxyl groups is 2. The minimum absolute atomic E-state index is 0.0285. The fourth-order valence-electron chi connectivity index (χ4n) is 9.00. The summed E-state index contributed by atoms with van der Waals surface area (Å²) in [6.45, 7) is 4.51. The number of methoxy groups -OCH3 is 3. The number of ketones is 4. The lowest BCUT2D eigenvalue weighted by atomic mass is 9.56. The van der Waals surface area contributed by atoms with Gasteiger partial charge < -0.3 is 69.5 Å². The average Bonchev–Trinajstić information content (AvgIpc) is 3.16. The maximum atomic E-state index is 14.7. The SMILES string of the molecule is COC(=O)c1c(C)cc2c(c1O)[C@]1(O)C(=O)c3cc4c(c(O)c3C(=O)[C@]1(OC)[C@H](O)C2)C(=O)C=C(N[C@H]1O[C@@H](C)[C@H](O[C@@H]2CC(O)[C@H](O)[C@H](C)O2)[C@@H](O)[C@H]1OC)C4=O. The molecule has 2 saturated heterocycles. The molecular weight excluding hydrogens is 770 g/mol. The zero-order valence-corrected chi connectivity index (χ0v) is 32.0. The maximum Gasteiger partial charge on any atom is 0.341 e. The van der Waals surface area contributed by atoms with E-state index in [1.807, 2.05) is 0 Å². The first-order valence-corrected chi connectivity index (χ1v) is 18.3. The molecule has 312 valence electrons. The number of carbonyl (C=O) groups excluding carboxylic acids is 5. The van der Waals surface area contributed by atoms with Gasteiger partial charge in [0.25, 0.3) is 0 Å². The van der Waals surface area contributed by atoms with E-state index < -0.39 is 159 Å². The highest BCUT2D eigenvalue weighted by Crippen LogP contribution is 2.56. The maximum absolute atomic E-state index is 14.7. The van der Waals surface area contributed by atoms with Crippen molar-refractivity contribution in [1.82, 2.24) is 5.32 Å². The molecule has 2 aromatic rings. The molecule has 2 heterocycles. The molecule has 2 aromatic carbocycles. The number of carbonyl (C=O) groups is 5. The van der Waals surface area contributed by atoms with Crippen molar-refractivity contribution < 1.29 is 88.1 Å². The number of phenols is 2. The second-order valence-electron chi connectivity index (χ2n) is 15.1. The fraction of sp³-hybridized carbons (Fsp3) is 0.513. The number of Topliss-reactive ketones (excluding diaryl/α,β-unsaturated/α-hetero) is 3. The first-order chi connectivity index (χ1) is 27.3. The molecule has 19 nitrogen and oxygen atoms in total. The lowest BCUT2D eigenvalue weighted by Crippen LogP contribution is -2.73. The second-order valence-corrected chi connectivity index (χ2v) is 15.1. The minimum atomic E-state index is -3.27. The highest BCUT2D eigenvalue weighted by atomic mass is 16.7. The zero-order valence-electron chi connectivity index (χ0n) is 32.0. The van der Waals surface area contributed by atoms with Crippen molar-refractivity contribution in [3.63, 3.8) is 0 Å². The molecule has 12 atom stereocenters. The molecule has 5 aliphatic rings.